The maximum Gasteiger partial charge on any atom is 0.573 e. The first-order valence-electron chi connectivity index (χ1n) is 5.93. The summed E-state index contributed by atoms with van der Waals surface area (Å²) >= 11 is 0. The van der Waals surface area contributed by atoms with Crippen molar-refractivity contribution in [2.24, 2.45) is 0 Å². The van der Waals surface area contributed by atoms with Gasteiger partial charge in [0.2, 0.25) is 0 Å². The number of aromatic carboxylic acids is 1. The Morgan fingerprint density at radius 1 is 1.18 bits per heavy atom. The first-order valence-corrected chi connectivity index (χ1v) is 5.93. The van der Waals surface area contributed by atoms with Crippen molar-refractivity contribution in [1.82, 2.24) is 4.98 Å². The summed E-state index contributed by atoms with van der Waals surface area (Å²) < 4.78 is 45.0. The van der Waals surface area contributed by atoms with Crippen molar-refractivity contribution in [1.29, 1.82) is 0 Å². The van der Waals surface area contributed by atoms with Gasteiger partial charge in [0.15, 0.2) is 5.75 Å². The summed E-state index contributed by atoms with van der Waals surface area (Å²) in [7, 11) is 1.30. The van der Waals surface area contributed by atoms with E-state index in [0.717, 1.165) is 12.1 Å². The molecule has 0 saturated heterocycles. The van der Waals surface area contributed by atoms with Crippen molar-refractivity contribution in [3.63, 3.8) is 0 Å². The van der Waals surface area contributed by atoms with Crippen molar-refractivity contribution in [3.05, 3.63) is 42.2 Å². The fourth-order valence-corrected chi connectivity index (χ4v) is 1.87. The van der Waals surface area contributed by atoms with Crippen LogP contribution in [0.3, 0.4) is 0 Å². The van der Waals surface area contributed by atoms with Crippen LogP contribution in [0.5, 0.6) is 11.5 Å². The van der Waals surface area contributed by atoms with Crippen LogP contribution in [0.15, 0.2) is 36.7 Å². The minimum atomic E-state index is -4.79. The van der Waals surface area contributed by atoms with E-state index in [-0.39, 0.29) is 16.9 Å². The maximum atomic E-state index is 12.1. The van der Waals surface area contributed by atoms with Gasteiger partial charge in [-0.2, -0.15) is 0 Å². The van der Waals surface area contributed by atoms with Gasteiger partial charge in [0.05, 0.1) is 13.3 Å². The van der Waals surface area contributed by atoms with Gasteiger partial charge in [0, 0.05) is 11.8 Å². The quantitative estimate of drug-likeness (QED) is 0.937. The molecule has 0 spiro atoms. The summed E-state index contributed by atoms with van der Waals surface area (Å²) in [5.74, 6) is -1.57. The average molecular weight is 313 g/mol. The number of rotatable bonds is 4. The number of nitrogens with zero attached hydrogens (tertiary/aromatic N) is 1. The Labute approximate surface area is 122 Å². The fourth-order valence-electron chi connectivity index (χ4n) is 1.87. The first-order chi connectivity index (χ1) is 10.3. The number of carboxylic acid groups (broad SMARTS) is 1. The van der Waals surface area contributed by atoms with E-state index < -0.39 is 18.1 Å². The second kappa shape index (κ2) is 5.92. The largest absolute Gasteiger partial charge is 0.573 e. The first kappa shape index (κ1) is 15.6. The Morgan fingerprint density at radius 3 is 2.32 bits per heavy atom. The zero-order valence-corrected chi connectivity index (χ0v) is 11.2. The standard InChI is InChI=1S/C14H10F3NO4/c1-21-11-7-18-6-10(12(11)13(19)20)8-2-4-9(5-3-8)22-14(15,16)17/h2-7H,1H3,(H,19,20). The SMILES string of the molecule is COc1cncc(-c2ccc(OC(F)(F)F)cc2)c1C(=O)O. The Bertz CT molecular complexity index is 683. The highest BCUT2D eigenvalue weighted by Gasteiger charge is 2.31. The van der Waals surface area contributed by atoms with Gasteiger partial charge in [0.1, 0.15) is 11.3 Å². The summed E-state index contributed by atoms with van der Waals surface area (Å²) in [5.41, 5.74) is 0.478. The zero-order valence-electron chi connectivity index (χ0n) is 11.2. The van der Waals surface area contributed by atoms with E-state index in [2.05, 4.69) is 9.72 Å². The Hall–Kier alpha value is -2.77. The van der Waals surface area contributed by atoms with Crippen molar-refractivity contribution in [3.8, 4) is 22.6 Å². The van der Waals surface area contributed by atoms with Gasteiger partial charge in [-0.1, -0.05) is 12.1 Å². The highest BCUT2D eigenvalue weighted by molar-refractivity contribution is 5.98. The van der Waals surface area contributed by atoms with Crippen molar-refractivity contribution >= 4 is 5.97 Å². The number of hydrogen-bond acceptors (Lipinski definition) is 4. The molecular weight excluding hydrogens is 303 g/mol. The molecule has 2 rings (SSSR count). The van der Waals surface area contributed by atoms with Crippen LogP contribution in [0.1, 0.15) is 10.4 Å². The van der Waals surface area contributed by atoms with Gasteiger partial charge < -0.3 is 14.6 Å². The topological polar surface area (TPSA) is 68.7 Å². The summed E-state index contributed by atoms with van der Waals surface area (Å²) in [6.45, 7) is 0. The van der Waals surface area contributed by atoms with Crippen LogP contribution in [0.25, 0.3) is 11.1 Å². The third-order valence-electron chi connectivity index (χ3n) is 2.74. The number of carbonyl (C=O) groups is 1. The lowest BCUT2D eigenvalue weighted by molar-refractivity contribution is -0.274. The number of benzene rings is 1. The van der Waals surface area contributed by atoms with Gasteiger partial charge in [-0.25, -0.2) is 4.79 Å². The van der Waals surface area contributed by atoms with Crippen LogP contribution in [0, 0.1) is 0 Å². The molecule has 0 aliphatic carbocycles. The number of pyridine rings is 1. The smallest absolute Gasteiger partial charge is 0.494 e. The molecule has 0 fully saturated rings. The van der Waals surface area contributed by atoms with Gasteiger partial charge in [0.25, 0.3) is 0 Å². The molecule has 0 atom stereocenters. The second-order valence-corrected chi connectivity index (χ2v) is 4.14. The number of alkyl halides is 3. The van der Waals surface area contributed by atoms with E-state index in [1.165, 1.54) is 31.6 Å². The minimum Gasteiger partial charge on any atom is -0.494 e. The molecule has 1 aromatic carbocycles. The molecule has 1 heterocycles. The molecule has 0 saturated carbocycles. The molecule has 0 unspecified atom stereocenters. The van der Waals surface area contributed by atoms with Crippen molar-refractivity contribution in [2.45, 2.75) is 6.36 Å². The lowest BCUT2D eigenvalue weighted by Crippen LogP contribution is -2.16. The maximum absolute atomic E-state index is 12.1. The molecule has 0 bridgehead atoms. The summed E-state index contributed by atoms with van der Waals surface area (Å²) in [4.78, 5) is 15.2. The van der Waals surface area contributed by atoms with Crippen LogP contribution >= 0.6 is 0 Å². The number of aromatic nitrogens is 1. The molecule has 0 amide bonds. The van der Waals surface area contributed by atoms with E-state index in [9.17, 15) is 23.1 Å². The number of methoxy groups -OCH3 is 1. The molecule has 116 valence electrons. The molecule has 0 aliphatic heterocycles. The van der Waals surface area contributed by atoms with Crippen LogP contribution in [0.2, 0.25) is 0 Å². The molecule has 22 heavy (non-hydrogen) atoms. The van der Waals surface area contributed by atoms with Crippen molar-refractivity contribution < 1.29 is 32.5 Å². The molecule has 8 heteroatoms. The predicted octanol–water partition coefficient (Wildman–Crippen LogP) is 3.35. The summed E-state index contributed by atoms with van der Waals surface area (Å²) in [6, 6.07) is 4.80. The normalized spacial score (nSPS) is 11.1. The average Bonchev–Trinajstić information content (AvgIpc) is 2.45. The Balaban J connectivity index is 2.42. The van der Waals surface area contributed by atoms with Crippen LogP contribution in [0.4, 0.5) is 13.2 Å². The number of halogens is 3. The van der Waals surface area contributed by atoms with E-state index in [4.69, 9.17) is 4.74 Å². The van der Waals surface area contributed by atoms with Crippen LogP contribution < -0.4 is 9.47 Å². The van der Waals surface area contributed by atoms with Crippen LogP contribution in [-0.2, 0) is 0 Å². The Morgan fingerprint density at radius 2 is 1.82 bits per heavy atom. The number of ether oxygens (including phenoxy) is 2. The van der Waals surface area contributed by atoms with Crippen molar-refractivity contribution in [2.75, 3.05) is 7.11 Å². The molecule has 5 nitrogen and oxygen atoms in total. The molecule has 2 aromatic rings. The third kappa shape index (κ3) is 3.46. The fraction of sp³-hybridized carbons (Fsp3) is 0.143. The molecule has 1 N–H and O–H groups in total. The molecular formula is C14H10F3NO4. The van der Waals surface area contributed by atoms with Crippen LogP contribution in [-0.4, -0.2) is 29.5 Å². The summed E-state index contributed by atoms with van der Waals surface area (Å²) in [5, 5.41) is 9.27. The highest BCUT2D eigenvalue weighted by atomic mass is 19.4. The third-order valence-corrected chi connectivity index (χ3v) is 2.74. The van der Waals surface area contributed by atoms with Gasteiger partial charge in [-0.15, -0.1) is 13.2 Å². The van der Waals surface area contributed by atoms with E-state index in [1.54, 1.807) is 0 Å². The molecule has 0 radical (unpaired) electrons. The predicted molar refractivity (Wildman–Crippen MR) is 69.9 cm³/mol. The second-order valence-electron chi connectivity index (χ2n) is 4.14. The number of carboxylic acids is 1. The Kier molecular flexibility index (Phi) is 4.20. The lowest BCUT2D eigenvalue weighted by atomic mass is 10.0. The minimum absolute atomic E-state index is 0.0561. The monoisotopic (exact) mass is 313 g/mol. The summed E-state index contributed by atoms with van der Waals surface area (Å²) in [6.07, 6.45) is -2.25. The molecule has 1 aromatic heterocycles. The van der Waals surface area contributed by atoms with Gasteiger partial charge in [-0.05, 0) is 17.7 Å². The zero-order chi connectivity index (χ0) is 16.3. The lowest BCUT2D eigenvalue weighted by Gasteiger charge is -2.11. The van der Waals surface area contributed by atoms with Gasteiger partial charge in [-0.3, -0.25) is 4.98 Å². The number of hydrogen-bond donors (Lipinski definition) is 1. The van der Waals surface area contributed by atoms with E-state index >= 15 is 0 Å². The van der Waals surface area contributed by atoms with Gasteiger partial charge >= 0.3 is 12.3 Å². The van der Waals surface area contributed by atoms with E-state index in [0.29, 0.717) is 5.56 Å². The van der Waals surface area contributed by atoms with E-state index in [1.807, 2.05) is 0 Å². The molecule has 0 aliphatic rings. The highest BCUT2D eigenvalue weighted by Crippen LogP contribution is 2.31.